The molecule has 2 aliphatic heterocycles. The molecule has 0 bridgehead atoms. The Balaban J connectivity index is 1.30. The van der Waals surface area contributed by atoms with Crippen LogP contribution >= 0.6 is 0 Å². The van der Waals surface area contributed by atoms with Crippen LogP contribution in [0.25, 0.3) is 44.2 Å². The molecule has 0 saturated heterocycles. The second-order valence-corrected chi connectivity index (χ2v) is 14.2. The molecule has 3 nitrogen and oxygen atoms in total. The lowest BCUT2D eigenvalue weighted by Gasteiger charge is -2.46. The van der Waals surface area contributed by atoms with Gasteiger partial charge in [-0.2, -0.15) is 0 Å². The first-order valence-corrected chi connectivity index (χ1v) is 17.2. The van der Waals surface area contributed by atoms with Crippen LogP contribution in [-0.2, 0) is 5.41 Å². The SMILES string of the molecule is [2H]c1c([2H])c(C(C)(C)C)c([2H])c([2H])c1N1B2c3ccccc3N(c3cc4oc5ccccc5c4cc3-c3ccccc3)c3cccc(c32)-c2ccccc21. The molecule has 7 aromatic carbocycles. The summed E-state index contributed by atoms with van der Waals surface area (Å²) in [7, 11) is 0. The monoisotopic (exact) mass is 646 g/mol. The third-order valence-electron chi connectivity index (χ3n) is 10.2. The summed E-state index contributed by atoms with van der Waals surface area (Å²) in [6.45, 7) is 5.37. The summed E-state index contributed by atoms with van der Waals surface area (Å²) in [5, 5.41) is 2.12. The number of nitrogens with zero attached hydrogens (tertiary/aromatic N) is 2. The van der Waals surface area contributed by atoms with Crippen LogP contribution in [0.5, 0.6) is 0 Å². The maximum atomic E-state index is 9.50. The first kappa shape index (κ1) is 25.0. The average molecular weight is 647 g/mol. The van der Waals surface area contributed by atoms with Gasteiger partial charge in [-0.3, -0.25) is 0 Å². The van der Waals surface area contributed by atoms with E-state index in [0.29, 0.717) is 5.56 Å². The Morgan fingerprint density at radius 3 is 2.06 bits per heavy atom. The van der Waals surface area contributed by atoms with Gasteiger partial charge < -0.3 is 14.1 Å². The van der Waals surface area contributed by atoms with Gasteiger partial charge in [0, 0.05) is 50.7 Å². The molecule has 0 amide bonds. The Labute approximate surface area is 298 Å². The summed E-state index contributed by atoms with van der Waals surface area (Å²) in [4.78, 5) is 4.40. The van der Waals surface area contributed by atoms with Gasteiger partial charge in [0.2, 0.25) is 0 Å². The van der Waals surface area contributed by atoms with Crippen molar-refractivity contribution in [1.82, 2.24) is 0 Å². The van der Waals surface area contributed by atoms with Crippen molar-refractivity contribution in [2.45, 2.75) is 26.2 Å². The Morgan fingerprint density at radius 1 is 0.560 bits per heavy atom. The first-order valence-electron chi connectivity index (χ1n) is 19.2. The number of hydrogen-bond acceptors (Lipinski definition) is 3. The molecule has 50 heavy (non-hydrogen) atoms. The number of benzene rings is 7. The van der Waals surface area contributed by atoms with Gasteiger partial charge in [0.1, 0.15) is 11.2 Å². The van der Waals surface area contributed by atoms with Gasteiger partial charge in [-0.25, -0.2) is 0 Å². The van der Waals surface area contributed by atoms with E-state index in [-0.39, 0.29) is 29.9 Å². The highest BCUT2D eigenvalue weighted by Gasteiger charge is 2.45. The van der Waals surface area contributed by atoms with Gasteiger partial charge in [0.25, 0.3) is 0 Å². The van der Waals surface area contributed by atoms with Crippen molar-refractivity contribution in [3.8, 4) is 22.3 Å². The van der Waals surface area contributed by atoms with Gasteiger partial charge in [0.15, 0.2) is 0 Å². The number of hydrogen-bond donors (Lipinski definition) is 0. The summed E-state index contributed by atoms with van der Waals surface area (Å²) in [6, 6.07) is 45.9. The van der Waals surface area contributed by atoms with Crippen molar-refractivity contribution >= 4 is 68.1 Å². The fraction of sp³-hybridized carbons (Fsp3) is 0.0870. The first-order chi connectivity index (χ1) is 26.1. The average Bonchev–Trinajstić information content (AvgIpc) is 3.55. The predicted molar refractivity (Wildman–Crippen MR) is 212 cm³/mol. The minimum atomic E-state index is -0.576. The molecule has 1 aromatic heterocycles. The number of para-hydroxylation sites is 3. The molecule has 0 fully saturated rings. The van der Waals surface area contributed by atoms with Crippen LogP contribution < -0.4 is 20.6 Å². The zero-order valence-electron chi connectivity index (χ0n) is 32.1. The van der Waals surface area contributed by atoms with Crippen LogP contribution in [0.3, 0.4) is 0 Å². The Hall–Kier alpha value is -6.00. The molecule has 0 atom stereocenters. The molecule has 0 saturated carbocycles. The molecule has 238 valence electrons. The molecule has 3 heterocycles. The normalized spacial score (nSPS) is 14.5. The molecule has 0 N–H and O–H groups in total. The van der Waals surface area contributed by atoms with Crippen molar-refractivity contribution in [3.63, 3.8) is 0 Å². The molecule has 0 aliphatic carbocycles. The fourth-order valence-corrected chi connectivity index (χ4v) is 7.90. The van der Waals surface area contributed by atoms with E-state index in [0.717, 1.165) is 77.9 Å². The highest BCUT2D eigenvalue weighted by Crippen LogP contribution is 2.49. The molecule has 2 aliphatic rings. The third kappa shape index (κ3) is 4.24. The third-order valence-corrected chi connectivity index (χ3v) is 10.2. The number of furan rings is 1. The standard InChI is InChI=1S/C46H35BN2O/c1-46(2,3)31-24-26-32(27-25-31)49-39-20-10-7-16-33(39)35-18-13-22-41-45(35)47(49)38-19-9-11-21-40(38)48(41)42-29-44-37(34-17-8-12-23-43(34)50-44)28-36(42)30-14-5-4-6-15-30/h4-29H,1-3H3/i24D,25D,26D,27D. The number of anilines is 5. The van der Waals surface area contributed by atoms with E-state index in [2.05, 4.69) is 94.6 Å². The molecule has 4 heteroatoms. The van der Waals surface area contributed by atoms with E-state index >= 15 is 0 Å². The van der Waals surface area contributed by atoms with E-state index < -0.39 is 12.3 Å². The minimum absolute atomic E-state index is 0.00701. The maximum absolute atomic E-state index is 9.50. The zero-order chi connectivity index (χ0) is 37.0. The van der Waals surface area contributed by atoms with Gasteiger partial charge >= 0.3 is 6.85 Å². The van der Waals surface area contributed by atoms with Crippen LogP contribution in [0.2, 0.25) is 0 Å². The number of fused-ring (bicyclic) bond motifs is 7. The minimum Gasteiger partial charge on any atom is -0.456 e. The lowest BCUT2D eigenvalue weighted by Crippen LogP contribution is -2.61. The number of rotatable bonds is 3. The second kappa shape index (κ2) is 10.8. The maximum Gasteiger partial charge on any atom is 0.333 e. The molecular formula is C46H35BN2O. The highest BCUT2D eigenvalue weighted by molar-refractivity contribution is 6.93. The van der Waals surface area contributed by atoms with Gasteiger partial charge in [-0.05, 0) is 75.4 Å². The summed E-state index contributed by atoms with van der Waals surface area (Å²) >= 11 is 0. The van der Waals surface area contributed by atoms with Crippen LogP contribution in [-0.4, -0.2) is 6.85 Å². The van der Waals surface area contributed by atoms with E-state index in [1.165, 1.54) is 0 Å². The Kier molecular flexibility index (Phi) is 5.39. The summed E-state index contributed by atoms with van der Waals surface area (Å²) < 4.78 is 44.0. The Morgan fingerprint density at radius 2 is 1.24 bits per heavy atom. The predicted octanol–water partition coefficient (Wildman–Crippen LogP) is 11.3. The van der Waals surface area contributed by atoms with Crippen LogP contribution in [0, 0.1) is 0 Å². The van der Waals surface area contributed by atoms with Crippen LogP contribution in [0.1, 0.15) is 31.8 Å². The summed E-state index contributed by atoms with van der Waals surface area (Å²) in [6.07, 6.45) is 0. The van der Waals surface area contributed by atoms with Crippen LogP contribution in [0.15, 0.2) is 162 Å². The van der Waals surface area contributed by atoms with Gasteiger partial charge in [-0.1, -0.05) is 130 Å². The van der Waals surface area contributed by atoms with Gasteiger partial charge in [0.05, 0.1) is 11.2 Å². The van der Waals surface area contributed by atoms with Crippen molar-refractivity contribution in [1.29, 1.82) is 0 Å². The fourth-order valence-electron chi connectivity index (χ4n) is 7.90. The lowest BCUT2D eigenvalue weighted by atomic mass is 9.43. The molecule has 8 aromatic rings. The largest absolute Gasteiger partial charge is 0.456 e. The van der Waals surface area contributed by atoms with Crippen molar-refractivity contribution < 1.29 is 9.90 Å². The Bertz CT molecular complexity index is 2820. The van der Waals surface area contributed by atoms with Gasteiger partial charge in [-0.15, -0.1) is 0 Å². The quantitative estimate of drug-likeness (QED) is 0.178. The lowest BCUT2D eigenvalue weighted by molar-refractivity contribution is 0.590. The summed E-state index contributed by atoms with van der Waals surface area (Å²) in [5.74, 6) is 0. The van der Waals surface area contributed by atoms with E-state index in [1.54, 1.807) is 0 Å². The molecule has 0 radical (unpaired) electrons. The highest BCUT2D eigenvalue weighted by atomic mass is 16.3. The second-order valence-electron chi connectivity index (χ2n) is 14.2. The van der Waals surface area contributed by atoms with Crippen LogP contribution in [0.4, 0.5) is 28.4 Å². The van der Waals surface area contributed by atoms with Crippen molar-refractivity contribution in [2.24, 2.45) is 0 Å². The van der Waals surface area contributed by atoms with E-state index in [9.17, 15) is 5.48 Å². The van der Waals surface area contributed by atoms with E-state index in [4.69, 9.17) is 4.42 Å². The van der Waals surface area contributed by atoms with Crippen molar-refractivity contribution in [3.05, 3.63) is 163 Å². The smallest absolute Gasteiger partial charge is 0.333 e. The van der Waals surface area contributed by atoms with E-state index in [1.807, 2.05) is 69.3 Å². The molecular weight excluding hydrogens is 607 g/mol. The molecule has 10 rings (SSSR count). The topological polar surface area (TPSA) is 19.6 Å². The zero-order valence-corrected chi connectivity index (χ0v) is 28.1. The summed E-state index contributed by atoms with van der Waals surface area (Å²) in [5.41, 5.74) is 11.7. The molecule has 0 unspecified atom stereocenters. The molecule has 0 spiro atoms. The van der Waals surface area contributed by atoms with Crippen molar-refractivity contribution in [2.75, 3.05) is 9.71 Å².